The number of rotatable bonds is 2. The summed E-state index contributed by atoms with van der Waals surface area (Å²) in [4.78, 5) is 4.05. The minimum Gasteiger partial charge on any atom is -0.437 e. The van der Waals surface area contributed by atoms with E-state index in [0.717, 1.165) is 5.56 Å². The summed E-state index contributed by atoms with van der Waals surface area (Å²) in [5.74, 6) is 1.05. The number of nitrogen functional groups attached to an aromatic ring is 1. The summed E-state index contributed by atoms with van der Waals surface area (Å²) in [5.41, 5.74) is 7.31. The lowest BCUT2D eigenvalue weighted by molar-refractivity contribution is 0.460. The van der Waals surface area contributed by atoms with Crippen molar-refractivity contribution in [1.29, 1.82) is 0 Å². The van der Waals surface area contributed by atoms with Crippen molar-refractivity contribution in [3.8, 4) is 11.6 Å². The van der Waals surface area contributed by atoms with Crippen LogP contribution in [0.4, 0.5) is 5.69 Å². The monoisotopic (exact) mass is 234 g/mol. The van der Waals surface area contributed by atoms with E-state index >= 15 is 0 Å². The zero-order valence-electron chi connectivity index (χ0n) is 8.77. The smallest absolute Gasteiger partial charge is 0.238 e. The van der Waals surface area contributed by atoms with Crippen molar-refractivity contribution in [1.82, 2.24) is 4.98 Å². The molecule has 1 heterocycles. The van der Waals surface area contributed by atoms with Gasteiger partial charge in [-0.1, -0.05) is 17.7 Å². The van der Waals surface area contributed by atoms with Gasteiger partial charge in [0, 0.05) is 18.0 Å². The molecular formula is C12H11ClN2O. The summed E-state index contributed by atoms with van der Waals surface area (Å²) in [6, 6.07) is 8.94. The first-order chi connectivity index (χ1) is 7.66. The summed E-state index contributed by atoms with van der Waals surface area (Å²) in [7, 11) is 0. The molecule has 2 rings (SSSR count). The Balaban J connectivity index is 2.34. The number of nitrogens with zero attached hydrogens (tertiary/aromatic N) is 1. The molecular weight excluding hydrogens is 224 g/mol. The quantitative estimate of drug-likeness (QED) is 0.810. The Kier molecular flexibility index (Phi) is 2.97. The van der Waals surface area contributed by atoms with Gasteiger partial charge < -0.3 is 10.5 Å². The maximum atomic E-state index is 5.95. The highest BCUT2D eigenvalue weighted by atomic mass is 35.5. The van der Waals surface area contributed by atoms with Gasteiger partial charge >= 0.3 is 0 Å². The molecule has 2 N–H and O–H groups in total. The van der Waals surface area contributed by atoms with E-state index in [2.05, 4.69) is 4.98 Å². The third-order valence-corrected chi connectivity index (χ3v) is 2.43. The van der Waals surface area contributed by atoms with Gasteiger partial charge in [-0.3, -0.25) is 0 Å². The molecule has 1 aromatic carbocycles. The third kappa shape index (κ3) is 2.25. The molecule has 3 nitrogen and oxygen atoms in total. The molecule has 0 bridgehead atoms. The van der Waals surface area contributed by atoms with E-state index in [4.69, 9.17) is 22.1 Å². The number of nitrogens with two attached hydrogens (primary N) is 1. The van der Waals surface area contributed by atoms with Crippen LogP contribution >= 0.6 is 11.6 Å². The van der Waals surface area contributed by atoms with Gasteiger partial charge in [-0.2, -0.15) is 0 Å². The molecule has 0 fully saturated rings. The highest BCUT2D eigenvalue weighted by molar-refractivity contribution is 6.31. The predicted octanol–water partition coefficient (Wildman–Crippen LogP) is 3.42. The summed E-state index contributed by atoms with van der Waals surface area (Å²) in [6.07, 6.45) is 1.63. The zero-order valence-corrected chi connectivity index (χ0v) is 9.53. The number of aryl methyl sites for hydroxylation is 1. The molecule has 2 aromatic rings. The van der Waals surface area contributed by atoms with Crippen molar-refractivity contribution in [3.05, 3.63) is 47.1 Å². The van der Waals surface area contributed by atoms with Gasteiger partial charge in [0.1, 0.15) is 10.8 Å². The Morgan fingerprint density at radius 1 is 1.31 bits per heavy atom. The van der Waals surface area contributed by atoms with Crippen LogP contribution in [-0.4, -0.2) is 4.98 Å². The van der Waals surface area contributed by atoms with Crippen LogP contribution in [0.25, 0.3) is 0 Å². The fourth-order valence-corrected chi connectivity index (χ4v) is 1.44. The number of anilines is 1. The van der Waals surface area contributed by atoms with Gasteiger partial charge in [0.15, 0.2) is 0 Å². The summed E-state index contributed by atoms with van der Waals surface area (Å²) < 4.78 is 5.60. The van der Waals surface area contributed by atoms with Crippen LogP contribution < -0.4 is 10.5 Å². The van der Waals surface area contributed by atoms with E-state index in [0.29, 0.717) is 22.3 Å². The van der Waals surface area contributed by atoms with Crippen LogP contribution in [0.3, 0.4) is 0 Å². The molecule has 0 spiro atoms. The fourth-order valence-electron chi connectivity index (χ4n) is 1.28. The number of hydrogen-bond donors (Lipinski definition) is 1. The molecule has 4 heteroatoms. The second kappa shape index (κ2) is 4.41. The molecule has 1 aromatic heterocycles. The van der Waals surface area contributed by atoms with Crippen LogP contribution in [0.15, 0.2) is 36.5 Å². The van der Waals surface area contributed by atoms with E-state index in [-0.39, 0.29) is 0 Å². The zero-order chi connectivity index (χ0) is 11.5. The van der Waals surface area contributed by atoms with Crippen molar-refractivity contribution < 1.29 is 4.74 Å². The van der Waals surface area contributed by atoms with Crippen LogP contribution in [0, 0.1) is 6.92 Å². The van der Waals surface area contributed by atoms with E-state index < -0.39 is 0 Å². The average molecular weight is 235 g/mol. The number of aromatic nitrogens is 1. The normalized spacial score (nSPS) is 10.1. The molecule has 0 saturated carbocycles. The Bertz CT molecular complexity index is 514. The first kappa shape index (κ1) is 10.8. The van der Waals surface area contributed by atoms with Crippen LogP contribution in [0.5, 0.6) is 11.6 Å². The lowest BCUT2D eigenvalue weighted by Crippen LogP contribution is -1.93. The molecule has 0 aliphatic carbocycles. The van der Waals surface area contributed by atoms with Crippen LogP contribution in [0.1, 0.15) is 5.56 Å². The molecule has 0 radical (unpaired) electrons. The minimum atomic E-state index is 0.387. The standard InChI is InChI=1S/C12H11ClN2O/c1-8-4-5-9(14)7-11(8)16-12-10(13)3-2-6-15-12/h2-7H,14H2,1H3. The average Bonchev–Trinajstić information content (AvgIpc) is 2.27. The largest absolute Gasteiger partial charge is 0.437 e. The van der Waals surface area contributed by atoms with Crippen molar-refractivity contribution in [2.24, 2.45) is 0 Å². The van der Waals surface area contributed by atoms with Crippen molar-refractivity contribution in [2.75, 3.05) is 5.73 Å². The SMILES string of the molecule is Cc1ccc(N)cc1Oc1ncccc1Cl. The van der Waals surface area contributed by atoms with E-state index in [1.54, 1.807) is 24.4 Å². The van der Waals surface area contributed by atoms with E-state index in [1.165, 1.54) is 0 Å². The minimum absolute atomic E-state index is 0.387. The molecule has 0 amide bonds. The molecule has 0 saturated heterocycles. The second-order valence-electron chi connectivity index (χ2n) is 3.42. The highest BCUT2D eigenvalue weighted by Crippen LogP contribution is 2.29. The second-order valence-corrected chi connectivity index (χ2v) is 3.82. The highest BCUT2D eigenvalue weighted by Gasteiger charge is 2.06. The van der Waals surface area contributed by atoms with Gasteiger partial charge in [-0.15, -0.1) is 0 Å². The number of benzene rings is 1. The number of ether oxygens (including phenoxy) is 1. The first-order valence-electron chi connectivity index (χ1n) is 4.81. The topological polar surface area (TPSA) is 48.1 Å². The van der Waals surface area contributed by atoms with Crippen molar-refractivity contribution in [3.63, 3.8) is 0 Å². The first-order valence-corrected chi connectivity index (χ1v) is 5.19. The lowest BCUT2D eigenvalue weighted by atomic mass is 10.2. The maximum Gasteiger partial charge on any atom is 0.238 e. The Morgan fingerprint density at radius 2 is 2.12 bits per heavy atom. The Hall–Kier alpha value is -1.74. The molecule has 0 atom stereocenters. The molecule has 0 aliphatic rings. The number of pyridine rings is 1. The summed E-state index contributed by atoms with van der Waals surface area (Å²) in [5, 5.41) is 0.476. The fraction of sp³-hybridized carbons (Fsp3) is 0.0833. The van der Waals surface area contributed by atoms with Gasteiger partial charge in [0.05, 0.1) is 0 Å². The van der Waals surface area contributed by atoms with Crippen LogP contribution in [-0.2, 0) is 0 Å². The Labute approximate surface area is 98.8 Å². The summed E-state index contributed by atoms with van der Waals surface area (Å²) >= 11 is 5.95. The number of halogens is 1. The van der Waals surface area contributed by atoms with Gasteiger partial charge in [-0.05, 0) is 30.7 Å². The van der Waals surface area contributed by atoms with Gasteiger partial charge in [0.2, 0.25) is 5.88 Å². The van der Waals surface area contributed by atoms with Crippen molar-refractivity contribution >= 4 is 17.3 Å². The lowest BCUT2D eigenvalue weighted by Gasteiger charge is -2.09. The molecule has 0 unspecified atom stereocenters. The van der Waals surface area contributed by atoms with Gasteiger partial charge in [-0.25, -0.2) is 4.98 Å². The maximum absolute atomic E-state index is 5.95. The summed E-state index contributed by atoms with van der Waals surface area (Å²) in [6.45, 7) is 1.94. The van der Waals surface area contributed by atoms with E-state index in [1.807, 2.05) is 19.1 Å². The molecule has 82 valence electrons. The van der Waals surface area contributed by atoms with Gasteiger partial charge in [0.25, 0.3) is 0 Å². The number of hydrogen-bond acceptors (Lipinski definition) is 3. The van der Waals surface area contributed by atoms with E-state index in [9.17, 15) is 0 Å². The third-order valence-electron chi connectivity index (χ3n) is 2.14. The molecule has 0 aliphatic heterocycles. The predicted molar refractivity (Wildman–Crippen MR) is 64.9 cm³/mol. The molecule has 16 heavy (non-hydrogen) atoms. The van der Waals surface area contributed by atoms with Crippen LogP contribution in [0.2, 0.25) is 5.02 Å². The Morgan fingerprint density at radius 3 is 2.88 bits per heavy atom. The van der Waals surface area contributed by atoms with Crippen molar-refractivity contribution in [2.45, 2.75) is 6.92 Å².